The van der Waals surface area contributed by atoms with Gasteiger partial charge in [0.05, 0.1) is 15.6 Å². The molecule has 0 aliphatic carbocycles. The zero-order valence-corrected chi connectivity index (χ0v) is 12.0. The highest BCUT2D eigenvalue weighted by atomic mass is 35.5. The number of aryl methyl sites for hydroxylation is 2. The normalized spacial score (nSPS) is 11.5. The van der Waals surface area contributed by atoms with Gasteiger partial charge in [-0.25, -0.2) is 8.42 Å². The first-order valence-corrected chi connectivity index (χ1v) is 7.24. The van der Waals surface area contributed by atoms with Crippen molar-refractivity contribution in [2.75, 3.05) is 10.5 Å². The van der Waals surface area contributed by atoms with Crippen LogP contribution in [0.15, 0.2) is 29.3 Å². The van der Waals surface area contributed by atoms with E-state index in [2.05, 4.69) is 9.82 Å². The van der Waals surface area contributed by atoms with Gasteiger partial charge < -0.3 is 5.73 Å². The number of nitrogens with zero attached hydrogens (tertiary/aromatic N) is 2. The average Bonchev–Trinajstić information content (AvgIpc) is 2.68. The number of sulfonamides is 1. The van der Waals surface area contributed by atoms with E-state index in [1.54, 1.807) is 26.2 Å². The molecule has 1 aromatic heterocycles. The summed E-state index contributed by atoms with van der Waals surface area (Å²) >= 11 is 5.84. The van der Waals surface area contributed by atoms with E-state index >= 15 is 0 Å². The van der Waals surface area contributed by atoms with Gasteiger partial charge in [0.1, 0.15) is 0 Å². The highest BCUT2D eigenvalue weighted by molar-refractivity contribution is 7.92. The molecule has 0 aliphatic rings. The van der Waals surface area contributed by atoms with Crippen LogP contribution in [0.4, 0.5) is 11.5 Å². The second-order valence-corrected chi connectivity index (χ2v) is 6.18. The molecule has 102 valence electrons. The SMILES string of the molecule is Cc1cc(Cl)c(N)cc1S(=O)(=O)Nc1ccn(C)n1. The second-order valence-electron chi connectivity index (χ2n) is 4.12. The monoisotopic (exact) mass is 300 g/mol. The van der Waals surface area contributed by atoms with Gasteiger partial charge >= 0.3 is 0 Å². The van der Waals surface area contributed by atoms with Crippen LogP contribution in [0.3, 0.4) is 0 Å². The van der Waals surface area contributed by atoms with Crippen LogP contribution in [0.1, 0.15) is 5.56 Å². The molecule has 1 heterocycles. The molecule has 0 bridgehead atoms. The van der Waals surface area contributed by atoms with Crippen LogP contribution < -0.4 is 10.5 Å². The minimum atomic E-state index is -3.73. The zero-order chi connectivity index (χ0) is 14.2. The maximum absolute atomic E-state index is 12.2. The predicted octanol–water partition coefficient (Wildman–Crippen LogP) is 1.76. The van der Waals surface area contributed by atoms with Crippen molar-refractivity contribution in [2.24, 2.45) is 7.05 Å². The third-order valence-corrected chi connectivity index (χ3v) is 4.36. The maximum atomic E-state index is 12.2. The molecule has 2 aromatic rings. The molecule has 0 atom stereocenters. The van der Waals surface area contributed by atoms with E-state index in [4.69, 9.17) is 17.3 Å². The van der Waals surface area contributed by atoms with Crippen molar-refractivity contribution in [3.05, 3.63) is 35.0 Å². The molecular formula is C11H13ClN4O2S. The Bertz CT molecular complexity index is 724. The van der Waals surface area contributed by atoms with Crippen molar-refractivity contribution >= 4 is 33.1 Å². The summed E-state index contributed by atoms with van der Waals surface area (Å²) in [4.78, 5) is 0.0834. The van der Waals surface area contributed by atoms with Crippen molar-refractivity contribution in [2.45, 2.75) is 11.8 Å². The Hall–Kier alpha value is -1.73. The van der Waals surface area contributed by atoms with Gasteiger partial charge in [-0.2, -0.15) is 5.10 Å². The largest absolute Gasteiger partial charge is 0.397 e. The molecule has 8 heteroatoms. The van der Waals surface area contributed by atoms with Crippen molar-refractivity contribution in [1.29, 1.82) is 0 Å². The number of benzene rings is 1. The average molecular weight is 301 g/mol. The van der Waals surface area contributed by atoms with E-state index in [1.807, 2.05) is 0 Å². The zero-order valence-electron chi connectivity index (χ0n) is 10.4. The Morgan fingerprint density at radius 3 is 2.68 bits per heavy atom. The molecule has 0 unspecified atom stereocenters. The first kappa shape index (κ1) is 13.7. The van der Waals surface area contributed by atoms with Crippen LogP contribution in [0.5, 0.6) is 0 Å². The van der Waals surface area contributed by atoms with E-state index in [9.17, 15) is 8.42 Å². The summed E-state index contributed by atoms with van der Waals surface area (Å²) in [7, 11) is -2.04. The van der Waals surface area contributed by atoms with Crippen LogP contribution in [-0.4, -0.2) is 18.2 Å². The summed E-state index contributed by atoms with van der Waals surface area (Å²) in [5, 5.41) is 4.29. The molecule has 0 fully saturated rings. The summed E-state index contributed by atoms with van der Waals surface area (Å²) < 4.78 is 28.4. The van der Waals surface area contributed by atoms with Crippen LogP contribution in [0.25, 0.3) is 0 Å². The van der Waals surface area contributed by atoms with E-state index in [0.29, 0.717) is 10.6 Å². The first-order valence-electron chi connectivity index (χ1n) is 5.37. The molecule has 0 spiro atoms. The molecule has 0 amide bonds. The van der Waals surface area contributed by atoms with E-state index in [1.165, 1.54) is 16.8 Å². The minimum Gasteiger partial charge on any atom is -0.397 e. The molecule has 0 saturated carbocycles. The van der Waals surface area contributed by atoms with E-state index < -0.39 is 10.0 Å². The maximum Gasteiger partial charge on any atom is 0.263 e. The lowest BCUT2D eigenvalue weighted by atomic mass is 10.2. The van der Waals surface area contributed by atoms with Crippen molar-refractivity contribution in [3.63, 3.8) is 0 Å². The van der Waals surface area contributed by atoms with E-state index in [-0.39, 0.29) is 16.4 Å². The number of anilines is 2. The minimum absolute atomic E-state index is 0.0834. The Morgan fingerprint density at radius 2 is 2.11 bits per heavy atom. The summed E-state index contributed by atoms with van der Waals surface area (Å²) in [5.41, 5.74) is 6.37. The Labute approximate surface area is 116 Å². The van der Waals surface area contributed by atoms with Gasteiger partial charge in [0.2, 0.25) is 0 Å². The number of nitrogens with two attached hydrogens (primary N) is 1. The number of nitrogens with one attached hydrogen (secondary N) is 1. The lowest BCUT2D eigenvalue weighted by molar-refractivity contribution is 0.600. The Balaban J connectivity index is 2.42. The van der Waals surface area contributed by atoms with Crippen LogP contribution in [0, 0.1) is 6.92 Å². The lowest BCUT2D eigenvalue weighted by Crippen LogP contribution is -2.15. The summed E-state index contributed by atoms with van der Waals surface area (Å²) in [6.07, 6.45) is 1.64. The van der Waals surface area contributed by atoms with Crippen molar-refractivity contribution in [3.8, 4) is 0 Å². The van der Waals surface area contributed by atoms with Crippen LogP contribution >= 0.6 is 11.6 Å². The summed E-state index contributed by atoms with van der Waals surface area (Å²) in [5.74, 6) is 0.246. The van der Waals surface area contributed by atoms with Gasteiger partial charge in [0.25, 0.3) is 10.0 Å². The van der Waals surface area contributed by atoms with Gasteiger partial charge in [-0.1, -0.05) is 11.6 Å². The molecule has 0 radical (unpaired) electrons. The van der Waals surface area contributed by atoms with Crippen LogP contribution in [0.2, 0.25) is 5.02 Å². The molecule has 2 rings (SSSR count). The molecule has 0 saturated heterocycles. The second kappa shape index (κ2) is 4.75. The predicted molar refractivity (Wildman–Crippen MR) is 74.6 cm³/mol. The van der Waals surface area contributed by atoms with Gasteiger partial charge in [-0.05, 0) is 24.6 Å². The number of halogens is 1. The fraction of sp³-hybridized carbons (Fsp3) is 0.182. The quantitative estimate of drug-likeness (QED) is 0.845. The number of hydrogen-bond donors (Lipinski definition) is 2. The molecular weight excluding hydrogens is 288 g/mol. The highest BCUT2D eigenvalue weighted by Gasteiger charge is 2.19. The number of rotatable bonds is 3. The smallest absolute Gasteiger partial charge is 0.263 e. The van der Waals surface area contributed by atoms with Gasteiger partial charge in [0.15, 0.2) is 5.82 Å². The van der Waals surface area contributed by atoms with Crippen molar-refractivity contribution < 1.29 is 8.42 Å². The molecule has 19 heavy (non-hydrogen) atoms. The Kier molecular flexibility index (Phi) is 3.42. The van der Waals surface area contributed by atoms with E-state index in [0.717, 1.165) is 0 Å². The highest BCUT2D eigenvalue weighted by Crippen LogP contribution is 2.27. The summed E-state index contributed by atoms with van der Waals surface area (Å²) in [6.45, 7) is 1.65. The Morgan fingerprint density at radius 1 is 1.42 bits per heavy atom. The standard InChI is InChI=1S/C11H13ClN4O2S/c1-7-5-8(12)9(13)6-10(7)19(17,18)15-11-3-4-16(2)14-11/h3-6H,13H2,1-2H3,(H,14,15). The number of hydrogen-bond acceptors (Lipinski definition) is 4. The molecule has 3 N–H and O–H groups in total. The number of aromatic nitrogens is 2. The third kappa shape index (κ3) is 2.82. The lowest BCUT2D eigenvalue weighted by Gasteiger charge is -2.10. The van der Waals surface area contributed by atoms with Gasteiger partial charge in [-0.3, -0.25) is 9.40 Å². The molecule has 6 nitrogen and oxygen atoms in total. The fourth-order valence-electron chi connectivity index (χ4n) is 1.62. The summed E-state index contributed by atoms with van der Waals surface area (Å²) in [6, 6.07) is 4.42. The molecule has 0 aliphatic heterocycles. The van der Waals surface area contributed by atoms with Crippen LogP contribution in [-0.2, 0) is 17.1 Å². The van der Waals surface area contributed by atoms with Gasteiger partial charge in [0, 0.05) is 19.3 Å². The third-order valence-electron chi connectivity index (χ3n) is 2.54. The first-order chi connectivity index (χ1) is 8.79. The number of nitrogen functional groups attached to an aromatic ring is 1. The fourth-order valence-corrected chi connectivity index (χ4v) is 3.10. The topological polar surface area (TPSA) is 90.0 Å². The molecule has 1 aromatic carbocycles. The van der Waals surface area contributed by atoms with Crippen molar-refractivity contribution in [1.82, 2.24) is 9.78 Å². The van der Waals surface area contributed by atoms with Gasteiger partial charge in [-0.15, -0.1) is 0 Å².